The minimum absolute atomic E-state index is 0.210. The number of aliphatic carboxylic acids is 1. The third-order valence-electron chi connectivity index (χ3n) is 3.99. The van der Waals surface area contributed by atoms with Crippen molar-refractivity contribution < 1.29 is 14.7 Å². The molecule has 2 amide bonds. The number of hydrogen-bond donors (Lipinski definition) is 2. The van der Waals surface area contributed by atoms with E-state index in [1.165, 1.54) is 0 Å². The fraction of sp³-hybridized carbons (Fsp3) is 0.533. The van der Waals surface area contributed by atoms with Crippen LogP contribution in [0, 0.1) is 5.41 Å². The lowest BCUT2D eigenvalue weighted by molar-refractivity contribution is -0.148. The van der Waals surface area contributed by atoms with Crippen molar-refractivity contribution in [3.63, 3.8) is 0 Å². The summed E-state index contributed by atoms with van der Waals surface area (Å²) >= 11 is 0. The molecule has 2 rings (SSSR count). The second-order valence-corrected chi connectivity index (χ2v) is 5.53. The second kappa shape index (κ2) is 6.56. The number of amides is 2. The maximum absolute atomic E-state index is 12.1. The van der Waals surface area contributed by atoms with Crippen LogP contribution in [0.3, 0.4) is 0 Å². The quantitative estimate of drug-likeness (QED) is 0.867. The summed E-state index contributed by atoms with van der Waals surface area (Å²) in [6, 6.07) is 3.49. The van der Waals surface area contributed by atoms with Gasteiger partial charge in [-0.25, -0.2) is 4.79 Å². The average Bonchev–Trinajstić information content (AvgIpc) is 2.92. The highest BCUT2D eigenvalue weighted by atomic mass is 16.4. The van der Waals surface area contributed by atoms with Gasteiger partial charge in [-0.1, -0.05) is 19.4 Å². The number of carbonyl (C=O) groups excluding carboxylic acids is 1. The Balaban J connectivity index is 1.91. The van der Waals surface area contributed by atoms with E-state index < -0.39 is 11.4 Å². The zero-order valence-electron chi connectivity index (χ0n) is 12.2. The maximum atomic E-state index is 12.1. The summed E-state index contributed by atoms with van der Waals surface area (Å²) in [5, 5.41) is 12.2. The van der Waals surface area contributed by atoms with E-state index in [1.54, 1.807) is 17.3 Å². The van der Waals surface area contributed by atoms with E-state index in [1.807, 2.05) is 19.1 Å². The molecule has 1 unspecified atom stereocenters. The minimum atomic E-state index is -0.799. The molecule has 0 radical (unpaired) electrons. The Morgan fingerprint density at radius 2 is 2.33 bits per heavy atom. The lowest BCUT2D eigenvalue weighted by Crippen LogP contribution is -2.41. The first kappa shape index (κ1) is 15.3. The number of carboxylic acids is 1. The highest BCUT2D eigenvalue weighted by molar-refractivity contribution is 5.79. The highest BCUT2D eigenvalue weighted by Crippen LogP contribution is 2.35. The fourth-order valence-corrected chi connectivity index (χ4v) is 2.80. The van der Waals surface area contributed by atoms with Crippen molar-refractivity contribution in [2.45, 2.75) is 32.7 Å². The van der Waals surface area contributed by atoms with Gasteiger partial charge in [-0.3, -0.25) is 9.78 Å². The molecule has 21 heavy (non-hydrogen) atoms. The van der Waals surface area contributed by atoms with Gasteiger partial charge in [0.25, 0.3) is 0 Å². The van der Waals surface area contributed by atoms with Gasteiger partial charge in [-0.2, -0.15) is 0 Å². The Labute approximate surface area is 124 Å². The molecule has 1 aromatic rings. The van der Waals surface area contributed by atoms with Crippen LogP contribution in [-0.4, -0.2) is 40.1 Å². The normalized spacial score (nSPS) is 21.3. The minimum Gasteiger partial charge on any atom is -0.481 e. The standard InChI is InChI=1S/C15H21N3O3/c1-2-5-15(13(19)20)6-8-18(11-15)14(21)17-10-12-4-3-7-16-9-12/h3-4,7,9H,2,5-6,8,10-11H2,1H3,(H,17,21)(H,19,20). The lowest BCUT2D eigenvalue weighted by atomic mass is 9.83. The molecule has 6 nitrogen and oxygen atoms in total. The maximum Gasteiger partial charge on any atom is 0.317 e. The largest absolute Gasteiger partial charge is 0.481 e. The van der Waals surface area contributed by atoms with Crippen molar-refractivity contribution in [1.82, 2.24) is 15.2 Å². The number of nitrogens with zero attached hydrogens (tertiary/aromatic N) is 2. The number of aromatic nitrogens is 1. The summed E-state index contributed by atoms with van der Waals surface area (Å²) in [6.45, 7) is 3.15. The van der Waals surface area contributed by atoms with Crippen LogP contribution < -0.4 is 5.32 Å². The number of nitrogens with one attached hydrogen (secondary N) is 1. The van der Waals surface area contributed by atoms with Gasteiger partial charge in [0.05, 0.1) is 5.41 Å². The predicted molar refractivity (Wildman–Crippen MR) is 77.6 cm³/mol. The van der Waals surface area contributed by atoms with Gasteiger partial charge >= 0.3 is 12.0 Å². The van der Waals surface area contributed by atoms with Gasteiger partial charge in [0, 0.05) is 32.0 Å². The summed E-state index contributed by atoms with van der Waals surface area (Å²) in [5.74, 6) is -0.799. The second-order valence-electron chi connectivity index (χ2n) is 5.53. The lowest BCUT2D eigenvalue weighted by Gasteiger charge is -2.24. The van der Waals surface area contributed by atoms with Crippen LogP contribution in [0.25, 0.3) is 0 Å². The number of urea groups is 1. The van der Waals surface area contributed by atoms with E-state index in [9.17, 15) is 14.7 Å². The van der Waals surface area contributed by atoms with Gasteiger partial charge in [-0.05, 0) is 24.5 Å². The Kier molecular flexibility index (Phi) is 4.77. The first-order chi connectivity index (χ1) is 10.1. The molecule has 0 spiro atoms. The third kappa shape index (κ3) is 3.51. The van der Waals surface area contributed by atoms with E-state index >= 15 is 0 Å². The average molecular weight is 291 g/mol. The number of carbonyl (C=O) groups is 2. The molecule has 2 heterocycles. The van der Waals surface area contributed by atoms with Gasteiger partial charge in [-0.15, -0.1) is 0 Å². The summed E-state index contributed by atoms with van der Waals surface area (Å²) in [6.07, 6.45) is 5.31. The van der Waals surface area contributed by atoms with E-state index in [0.29, 0.717) is 25.9 Å². The molecule has 1 saturated heterocycles. The molecule has 6 heteroatoms. The van der Waals surface area contributed by atoms with Crippen LogP contribution in [0.2, 0.25) is 0 Å². The van der Waals surface area contributed by atoms with Crippen molar-refractivity contribution in [3.05, 3.63) is 30.1 Å². The van der Waals surface area contributed by atoms with Gasteiger partial charge in [0.1, 0.15) is 0 Å². The van der Waals surface area contributed by atoms with E-state index in [4.69, 9.17) is 0 Å². The van der Waals surface area contributed by atoms with Crippen LogP contribution in [0.5, 0.6) is 0 Å². The van der Waals surface area contributed by atoms with Crippen molar-refractivity contribution in [2.75, 3.05) is 13.1 Å². The van der Waals surface area contributed by atoms with Crippen LogP contribution in [-0.2, 0) is 11.3 Å². The smallest absolute Gasteiger partial charge is 0.317 e. The summed E-state index contributed by atoms with van der Waals surface area (Å²) in [4.78, 5) is 29.2. The SMILES string of the molecule is CCCC1(C(=O)O)CCN(C(=O)NCc2cccnc2)C1. The predicted octanol–water partition coefficient (Wildman–Crippen LogP) is 1.87. The molecular weight excluding hydrogens is 270 g/mol. The van der Waals surface area contributed by atoms with Crippen LogP contribution in [0.1, 0.15) is 31.7 Å². The zero-order chi connectivity index (χ0) is 15.3. The topological polar surface area (TPSA) is 82.5 Å². The molecule has 1 aliphatic heterocycles. The van der Waals surface area contributed by atoms with Gasteiger partial charge in [0.2, 0.25) is 0 Å². The van der Waals surface area contributed by atoms with Crippen molar-refractivity contribution in [2.24, 2.45) is 5.41 Å². The zero-order valence-corrected chi connectivity index (χ0v) is 12.2. The van der Waals surface area contributed by atoms with Crippen LogP contribution in [0.15, 0.2) is 24.5 Å². The van der Waals surface area contributed by atoms with Crippen molar-refractivity contribution in [3.8, 4) is 0 Å². The third-order valence-corrected chi connectivity index (χ3v) is 3.99. The van der Waals surface area contributed by atoms with Gasteiger partial charge in [0.15, 0.2) is 0 Å². The summed E-state index contributed by atoms with van der Waals surface area (Å²) in [7, 11) is 0. The number of rotatable bonds is 5. The van der Waals surface area contributed by atoms with Crippen molar-refractivity contribution >= 4 is 12.0 Å². The molecular formula is C15H21N3O3. The van der Waals surface area contributed by atoms with E-state index in [0.717, 1.165) is 12.0 Å². The molecule has 0 aromatic carbocycles. The number of carboxylic acid groups (broad SMARTS) is 1. The number of likely N-dealkylation sites (tertiary alicyclic amines) is 1. The molecule has 2 N–H and O–H groups in total. The molecule has 0 saturated carbocycles. The van der Waals surface area contributed by atoms with E-state index in [-0.39, 0.29) is 12.6 Å². The molecule has 114 valence electrons. The molecule has 1 atom stereocenters. The molecule has 0 bridgehead atoms. The molecule has 0 aliphatic carbocycles. The Bertz CT molecular complexity index is 506. The number of pyridine rings is 1. The molecule has 1 fully saturated rings. The Morgan fingerprint density at radius 3 is 2.95 bits per heavy atom. The summed E-state index contributed by atoms with van der Waals surface area (Å²) in [5.41, 5.74) is 0.142. The highest BCUT2D eigenvalue weighted by Gasteiger charge is 2.45. The first-order valence-electron chi connectivity index (χ1n) is 7.22. The van der Waals surface area contributed by atoms with Gasteiger partial charge < -0.3 is 15.3 Å². The van der Waals surface area contributed by atoms with Crippen LogP contribution in [0.4, 0.5) is 4.79 Å². The van der Waals surface area contributed by atoms with Crippen molar-refractivity contribution in [1.29, 1.82) is 0 Å². The Hall–Kier alpha value is -2.11. The molecule has 1 aliphatic rings. The fourth-order valence-electron chi connectivity index (χ4n) is 2.80. The molecule has 1 aromatic heterocycles. The monoisotopic (exact) mass is 291 g/mol. The van der Waals surface area contributed by atoms with Crippen LogP contribution >= 0.6 is 0 Å². The summed E-state index contributed by atoms with van der Waals surface area (Å²) < 4.78 is 0. The Morgan fingerprint density at radius 1 is 1.52 bits per heavy atom. The van der Waals surface area contributed by atoms with E-state index in [2.05, 4.69) is 10.3 Å². The number of hydrogen-bond acceptors (Lipinski definition) is 3. The first-order valence-corrected chi connectivity index (χ1v) is 7.22.